The maximum Gasteiger partial charge on any atom is 0.307 e. The predicted octanol–water partition coefficient (Wildman–Crippen LogP) is 1.87. The van der Waals surface area contributed by atoms with E-state index in [0.717, 1.165) is 25.9 Å². The predicted molar refractivity (Wildman–Crippen MR) is 81.0 cm³/mol. The third-order valence-corrected chi connectivity index (χ3v) is 5.01. The van der Waals surface area contributed by atoms with E-state index in [1.54, 1.807) is 0 Å². The minimum atomic E-state index is -0.820. The highest BCUT2D eigenvalue weighted by Crippen LogP contribution is 2.30. The third-order valence-electron chi connectivity index (χ3n) is 5.01. The molecule has 1 heterocycles. The molecule has 1 saturated carbocycles. The summed E-state index contributed by atoms with van der Waals surface area (Å²) < 4.78 is 0. The first-order valence-electron chi connectivity index (χ1n) is 8.34. The van der Waals surface area contributed by atoms with Crippen LogP contribution in [0.2, 0.25) is 0 Å². The molecule has 3 unspecified atom stereocenters. The van der Waals surface area contributed by atoms with Crippen LogP contribution in [0.1, 0.15) is 51.9 Å². The minimum absolute atomic E-state index is 0.0639. The van der Waals surface area contributed by atoms with Gasteiger partial charge in [0, 0.05) is 12.6 Å². The molecular weight excluding hydrogens is 268 g/mol. The highest BCUT2D eigenvalue weighted by molar-refractivity contribution is 5.84. The van der Waals surface area contributed by atoms with Gasteiger partial charge in [0.05, 0.1) is 11.8 Å². The quantitative estimate of drug-likeness (QED) is 0.812. The average molecular weight is 296 g/mol. The van der Waals surface area contributed by atoms with E-state index in [9.17, 15) is 14.7 Å². The van der Waals surface area contributed by atoms with Gasteiger partial charge < -0.3 is 10.4 Å². The number of nitrogens with one attached hydrogen (secondary N) is 1. The van der Waals surface area contributed by atoms with E-state index in [2.05, 4.69) is 17.1 Å². The first kappa shape index (κ1) is 16.3. The van der Waals surface area contributed by atoms with Gasteiger partial charge >= 0.3 is 5.97 Å². The Bertz CT molecular complexity index is 367. The van der Waals surface area contributed by atoms with Crippen molar-refractivity contribution in [3.63, 3.8) is 0 Å². The summed E-state index contributed by atoms with van der Waals surface area (Å²) in [6.45, 7) is 4.99. The minimum Gasteiger partial charge on any atom is -0.481 e. The first-order valence-corrected chi connectivity index (χ1v) is 8.34. The van der Waals surface area contributed by atoms with Gasteiger partial charge in [-0.15, -0.1) is 0 Å². The van der Waals surface area contributed by atoms with Crippen molar-refractivity contribution in [2.24, 2.45) is 11.8 Å². The summed E-state index contributed by atoms with van der Waals surface area (Å²) in [6, 6.07) is 0.334. The SMILES string of the molecule is CC(CNC(=O)C1CCCCC1C(=O)O)N1CCCCC1. The molecule has 2 fully saturated rings. The molecule has 1 amide bonds. The van der Waals surface area contributed by atoms with Crippen molar-refractivity contribution in [2.75, 3.05) is 19.6 Å². The van der Waals surface area contributed by atoms with Crippen LogP contribution >= 0.6 is 0 Å². The molecule has 5 heteroatoms. The van der Waals surface area contributed by atoms with Crippen LogP contribution in [0, 0.1) is 11.8 Å². The number of rotatable bonds is 5. The standard InChI is InChI=1S/C16H28N2O3/c1-12(18-9-5-2-6-10-18)11-17-15(19)13-7-3-4-8-14(13)16(20)21/h12-14H,2-11H2,1H3,(H,17,19)(H,20,21). The Morgan fingerprint density at radius 3 is 2.33 bits per heavy atom. The fourth-order valence-electron chi connectivity index (χ4n) is 3.61. The number of carboxylic acids is 1. The normalized spacial score (nSPS) is 28.8. The van der Waals surface area contributed by atoms with Crippen LogP contribution in [-0.2, 0) is 9.59 Å². The third kappa shape index (κ3) is 4.43. The number of aliphatic carboxylic acids is 1. The van der Waals surface area contributed by atoms with Crippen molar-refractivity contribution < 1.29 is 14.7 Å². The molecule has 21 heavy (non-hydrogen) atoms. The van der Waals surface area contributed by atoms with E-state index in [-0.39, 0.29) is 11.8 Å². The summed E-state index contributed by atoms with van der Waals surface area (Å²) >= 11 is 0. The molecule has 0 spiro atoms. The van der Waals surface area contributed by atoms with Crippen LogP contribution < -0.4 is 5.32 Å². The zero-order chi connectivity index (χ0) is 15.2. The van der Waals surface area contributed by atoms with E-state index in [1.807, 2.05) is 0 Å². The second-order valence-corrected chi connectivity index (χ2v) is 6.53. The van der Waals surface area contributed by atoms with E-state index < -0.39 is 11.9 Å². The fraction of sp³-hybridized carbons (Fsp3) is 0.875. The molecule has 1 saturated heterocycles. The Labute approximate surface area is 127 Å². The number of carboxylic acid groups (broad SMARTS) is 1. The van der Waals surface area contributed by atoms with Crippen molar-refractivity contribution in [2.45, 2.75) is 57.9 Å². The smallest absolute Gasteiger partial charge is 0.307 e. The number of carbonyl (C=O) groups excluding carboxylic acids is 1. The number of nitrogens with zero attached hydrogens (tertiary/aromatic N) is 1. The highest BCUT2D eigenvalue weighted by Gasteiger charge is 2.35. The second kappa shape index (κ2) is 7.78. The Morgan fingerprint density at radius 2 is 1.71 bits per heavy atom. The van der Waals surface area contributed by atoms with Crippen LogP contribution in [-0.4, -0.2) is 47.6 Å². The Morgan fingerprint density at radius 1 is 1.10 bits per heavy atom. The molecule has 0 radical (unpaired) electrons. The van der Waals surface area contributed by atoms with Gasteiger partial charge in [-0.1, -0.05) is 19.3 Å². The van der Waals surface area contributed by atoms with E-state index >= 15 is 0 Å². The molecule has 1 aliphatic carbocycles. The van der Waals surface area contributed by atoms with Gasteiger partial charge in [0.2, 0.25) is 5.91 Å². The highest BCUT2D eigenvalue weighted by atomic mass is 16.4. The number of carbonyl (C=O) groups is 2. The molecule has 0 bridgehead atoms. The summed E-state index contributed by atoms with van der Waals surface area (Å²) in [6.07, 6.45) is 7.01. The molecule has 3 atom stereocenters. The number of hydrogen-bond acceptors (Lipinski definition) is 3. The maximum atomic E-state index is 12.3. The van der Waals surface area contributed by atoms with Crippen LogP contribution in [0.25, 0.3) is 0 Å². The summed E-state index contributed by atoms with van der Waals surface area (Å²) in [5, 5.41) is 12.2. The Kier molecular flexibility index (Phi) is 6.03. The lowest BCUT2D eigenvalue weighted by Crippen LogP contribution is -2.47. The van der Waals surface area contributed by atoms with Crippen LogP contribution in [0.4, 0.5) is 0 Å². The largest absolute Gasteiger partial charge is 0.481 e. The molecule has 1 aliphatic heterocycles. The molecule has 5 nitrogen and oxygen atoms in total. The van der Waals surface area contributed by atoms with Gasteiger partial charge in [0.1, 0.15) is 0 Å². The molecule has 0 aromatic carbocycles. The maximum absolute atomic E-state index is 12.3. The van der Waals surface area contributed by atoms with Crippen molar-refractivity contribution in [1.29, 1.82) is 0 Å². The van der Waals surface area contributed by atoms with Crippen molar-refractivity contribution >= 4 is 11.9 Å². The molecule has 0 aromatic rings. The van der Waals surface area contributed by atoms with Crippen molar-refractivity contribution in [3.8, 4) is 0 Å². The molecule has 2 aliphatic rings. The second-order valence-electron chi connectivity index (χ2n) is 6.53. The van der Waals surface area contributed by atoms with Gasteiger partial charge in [0.15, 0.2) is 0 Å². The summed E-state index contributed by atoms with van der Waals surface area (Å²) in [7, 11) is 0. The van der Waals surface area contributed by atoms with Crippen molar-refractivity contribution in [3.05, 3.63) is 0 Å². The Balaban J connectivity index is 1.81. The van der Waals surface area contributed by atoms with E-state index in [4.69, 9.17) is 0 Å². The number of hydrogen-bond donors (Lipinski definition) is 2. The first-order chi connectivity index (χ1) is 10.1. The van der Waals surface area contributed by atoms with Crippen LogP contribution in [0.3, 0.4) is 0 Å². The molecule has 2 N–H and O–H groups in total. The summed E-state index contributed by atoms with van der Waals surface area (Å²) in [5.41, 5.74) is 0. The van der Waals surface area contributed by atoms with Gasteiger partial charge in [-0.3, -0.25) is 14.5 Å². The number of likely N-dealkylation sites (tertiary alicyclic amines) is 1. The van der Waals surface area contributed by atoms with Crippen LogP contribution in [0.5, 0.6) is 0 Å². The van der Waals surface area contributed by atoms with E-state index in [1.165, 1.54) is 19.3 Å². The topological polar surface area (TPSA) is 69.6 Å². The summed E-state index contributed by atoms with van der Waals surface area (Å²) in [5.74, 6) is -1.72. The zero-order valence-corrected chi connectivity index (χ0v) is 13.0. The summed E-state index contributed by atoms with van der Waals surface area (Å²) in [4.78, 5) is 26.0. The monoisotopic (exact) mass is 296 g/mol. The molecule has 120 valence electrons. The van der Waals surface area contributed by atoms with Gasteiger partial charge in [-0.05, 0) is 45.7 Å². The van der Waals surface area contributed by atoms with Crippen molar-refractivity contribution in [1.82, 2.24) is 10.2 Å². The molecule has 2 rings (SSSR count). The number of piperidine rings is 1. The van der Waals surface area contributed by atoms with Gasteiger partial charge in [-0.25, -0.2) is 0 Å². The number of amides is 1. The van der Waals surface area contributed by atoms with Gasteiger partial charge in [0.25, 0.3) is 0 Å². The lowest BCUT2D eigenvalue weighted by molar-refractivity contribution is -0.149. The lowest BCUT2D eigenvalue weighted by Gasteiger charge is -2.33. The fourth-order valence-corrected chi connectivity index (χ4v) is 3.61. The molecule has 0 aromatic heterocycles. The molecular formula is C16H28N2O3. The van der Waals surface area contributed by atoms with Gasteiger partial charge in [-0.2, -0.15) is 0 Å². The average Bonchev–Trinajstić information content (AvgIpc) is 2.53. The lowest BCUT2D eigenvalue weighted by atomic mass is 9.78. The zero-order valence-electron chi connectivity index (χ0n) is 13.0. The van der Waals surface area contributed by atoms with Crippen LogP contribution in [0.15, 0.2) is 0 Å². The van der Waals surface area contributed by atoms with E-state index in [0.29, 0.717) is 25.4 Å². The Hall–Kier alpha value is -1.10.